The number of amides is 2. The quantitative estimate of drug-likeness (QED) is 0.516. The Morgan fingerprint density at radius 1 is 1.05 bits per heavy atom. The molecule has 0 aliphatic heterocycles. The predicted octanol–water partition coefficient (Wildman–Crippen LogP) is 2.07. The van der Waals surface area contributed by atoms with Gasteiger partial charge in [-0.1, -0.05) is 34.1 Å². The molecule has 0 rings (SSSR count). The average molecular weight is 313 g/mol. The molecule has 5 heteroatoms. The second kappa shape index (κ2) is 12.4. The van der Waals surface area contributed by atoms with Crippen molar-refractivity contribution in [2.45, 2.75) is 66.3 Å². The molecule has 0 heterocycles. The summed E-state index contributed by atoms with van der Waals surface area (Å²) in [6.45, 7) is 12.1. The normalized spacial score (nSPS) is 13.7. The molecule has 0 aliphatic rings. The van der Waals surface area contributed by atoms with Crippen LogP contribution < -0.4 is 16.0 Å². The highest BCUT2D eigenvalue weighted by molar-refractivity contribution is 5.78. The van der Waals surface area contributed by atoms with Crippen molar-refractivity contribution in [2.24, 2.45) is 11.8 Å². The standard InChI is InChI=1S/C17H35N3O2/c1-6-14(5)8-9-16(21)20-15(10-13(3)4)11-18-12-17(22)19-7-2/h13-15,18H,6-12H2,1-5H3,(H,19,22)(H,20,21). The molecule has 0 saturated heterocycles. The molecule has 0 fully saturated rings. The molecule has 5 nitrogen and oxygen atoms in total. The van der Waals surface area contributed by atoms with E-state index in [0.717, 1.165) is 19.3 Å². The molecule has 3 N–H and O–H groups in total. The molecule has 0 saturated carbocycles. The molecule has 0 aromatic heterocycles. The highest BCUT2D eigenvalue weighted by Crippen LogP contribution is 2.10. The smallest absolute Gasteiger partial charge is 0.233 e. The number of hydrogen-bond acceptors (Lipinski definition) is 3. The van der Waals surface area contributed by atoms with E-state index >= 15 is 0 Å². The van der Waals surface area contributed by atoms with E-state index in [0.29, 0.717) is 37.9 Å². The zero-order valence-corrected chi connectivity index (χ0v) is 15.0. The van der Waals surface area contributed by atoms with Gasteiger partial charge in [0.25, 0.3) is 0 Å². The summed E-state index contributed by atoms with van der Waals surface area (Å²) in [6.07, 6.45) is 3.54. The molecular weight excluding hydrogens is 278 g/mol. The van der Waals surface area contributed by atoms with Gasteiger partial charge in [0, 0.05) is 25.6 Å². The van der Waals surface area contributed by atoms with Gasteiger partial charge in [0.1, 0.15) is 0 Å². The maximum Gasteiger partial charge on any atom is 0.233 e. The maximum absolute atomic E-state index is 12.0. The summed E-state index contributed by atoms with van der Waals surface area (Å²) >= 11 is 0. The molecule has 0 aromatic rings. The van der Waals surface area contributed by atoms with Gasteiger partial charge in [0.05, 0.1) is 6.54 Å². The Morgan fingerprint density at radius 3 is 2.27 bits per heavy atom. The summed E-state index contributed by atoms with van der Waals surface area (Å²) in [4.78, 5) is 23.5. The van der Waals surface area contributed by atoms with Crippen molar-refractivity contribution in [1.29, 1.82) is 0 Å². The Hall–Kier alpha value is -1.10. The van der Waals surface area contributed by atoms with Gasteiger partial charge >= 0.3 is 0 Å². The van der Waals surface area contributed by atoms with Crippen LogP contribution in [0.25, 0.3) is 0 Å². The summed E-state index contributed by atoms with van der Waals surface area (Å²) in [5.74, 6) is 1.20. The number of carbonyl (C=O) groups is 2. The van der Waals surface area contributed by atoms with Crippen LogP contribution in [0.4, 0.5) is 0 Å². The molecule has 0 aliphatic carbocycles. The van der Waals surface area contributed by atoms with Gasteiger partial charge in [-0.05, 0) is 31.6 Å². The molecule has 0 bridgehead atoms. The minimum Gasteiger partial charge on any atom is -0.355 e. The molecule has 0 aromatic carbocycles. The van der Waals surface area contributed by atoms with Crippen LogP contribution in [0.5, 0.6) is 0 Å². The summed E-state index contributed by atoms with van der Waals surface area (Å²) in [7, 11) is 0. The Balaban J connectivity index is 4.16. The predicted molar refractivity (Wildman–Crippen MR) is 91.6 cm³/mol. The lowest BCUT2D eigenvalue weighted by molar-refractivity contribution is -0.122. The first-order valence-corrected chi connectivity index (χ1v) is 8.65. The van der Waals surface area contributed by atoms with Crippen LogP contribution in [0, 0.1) is 11.8 Å². The van der Waals surface area contributed by atoms with E-state index in [1.165, 1.54) is 0 Å². The number of likely N-dealkylation sites (N-methyl/N-ethyl adjacent to an activating group) is 1. The van der Waals surface area contributed by atoms with Crippen molar-refractivity contribution in [3.8, 4) is 0 Å². The fraction of sp³-hybridized carbons (Fsp3) is 0.882. The maximum atomic E-state index is 12.0. The Bertz CT molecular complexity index is 319. The Labute approximate surface area is 136 Å². The largest absolute Gasteiger partial charge is 0.355 e. The highest BCUT2D eigenvalue weighted by atomic mass is 16.2. The molecule has 2 unspecified atom stereocenters. The summed E-state index contributed by atoms with van der Waals surface area (Å²) in [5.41, 5.74) is 0. The molecule has 2 amide bonds. The third-order valence-electron chi connectivity index (χ3n) is 3.73. The van der Waals surface area contributed by atoms with Gasteiger partial charge < -0.3 is 16.0 Å². The third kappa shape index (κ3) is 11.5. The molecule has 2 atom stereocenters. The van der Waals surface area contributed by atoms with Crippen LogP contribution in [0.1, 0.15) is 60.3 Å². The van der Waals surface area contributed by atoms with E-state index < -0.39 is 0 Å². The molecule has 130 valence electrons. The SMILES string of the molecule is CCNC(=O)CNCC(CC(C)C)NC(=O)CCC(C)CC. The van der Waals surface area contributed by atoms with Gasteiger partial charge in [-0.15, -0.1) is 0 Å². The lowest BCUT2D eigenvalue weighted by Crippen LogP contribution is -2.45. The number of nitrogens with one attached hydrogen (secondary N) is 3. The van der Waals surface area contributed by atoms with Crippen LogP contribution in [-0.2, 0) is 9.59 Å². The zero-order valence-electron chi connectivity index (χ0n) is 15.0. The summed E-state index contributed by atoms with van der Waals surface area (Å²) in [6, 6.07) is 0.0823. The van der Waals surface area contributed by atoms with Gasteiger partial charge in [0.2, 0.25) is 11.8 Å². The number of carbonyl (C=O) groups excluding carboxylic acids is 2. The van der Waals surface area contributed by atoms with Crippen molar-refractivity contribution in [3.63, 3.8) is 0 Å². The first-order valence-electron chi connectivity index (χ1n) is 8.65. The van der Waals surface area contributed by atoms with Gasteiger partial charge in [-0.2, -0.15) is 0 Å². The van der Waals surface area contributed by atoms with Gasteiger partial charge in [-0.25, -0.2) is 0 Å². The van der Waals surface area contributed by atoms with Gasteiger partial charge in [0.15, 0.2) is 0 Å². The van der Waals surface area contributed by atoms with Crippen molar-refractivity contribution < 1.29 is 9.59 Å². The molecule has 0 radical (unpaired) electrons. The van der Waals surface area contributed by atoms with E-state index in [-0.39, 0.29) is 17.9 Å². The highest BCUT2D eigenvalue weighted by Gasteiger charge is 2.15. The third-order valence-corrected chi connectivity index (χ3v) is 3.73. The van der Waals surface area contributed by atoms with Crippen LogP contribution >= 0.6 is 0 Å². The molecular formula is C17H35N3O2. The van der Waals surface area contributed by atoms with E-state index in [2.05, 4.69) is 43.6 Å². The lowest BCUT2D eigenvalue weighted by Gasteiger charge is -2.21. The fourth-order valence-corrected chi connectivity index (χ4v) is 2.26. The van der Waals surface area contributed by atoms with E-state index in [9.17, 15) is 9.59 Å². The zero-order chi connectivity index (χ0) is 17.0. The number of hydrogen-bond donors (Lipinski definition) is 3. The summed E-state index contributed by atoms with van der Waals surface area (Å²) in [5, 5.41) is 8.98. The van der Waals surface area contributed by atoms with Crippen molar-refractivity contribution >= 4 is 11.8 Å². The average Bonchev–Trinajstić information content (AvgIpc) is 2.44. The lowest BCUT2D eigenvalue weighted by atomic mass is 10.0. The first kappa shape index (κ1) is 20.9. The minimum atomic E-state index is -0.00565. The van der Waals surface area contributed by atoms with Crippen molar-refractivity contribution in [1.82, 2.24) is 16.0 Å². The van der Waals surface area contributed by atoms with Crippen LogP contribution in [0.2, 0.25) is 0 Å². The monoisotopic (exact) mass is 313 g/mol. The van der Waals surface area contributed by atoms with Gasteiger partial charge in [-0.3, -0.25) is 9.59 Å². The van der Waals surface area contributed by atoms with Crippen LogP contribution in [0.15, 0.2) is 0 Å². The molecule has 0 spiro atoms. The molecule has 22 heavy (non-hydrogen) atoms. The Kier molecular flexibility index (Phi) is 11.8. The van der Waals surface area contributed by atoms with E-state index in [1.807, 2.05) is 6.92 Å². The first-order chi connectivity index (χ1) is 10.4. The van der Waals surface area contributed by atoms with E-state index in [1.54, 1.807) is 0 Å². The second-order valence-electron chi connectivity index (χ2n) is 6.53. The topological polar surface area (TPSA) is 70.2 Å². The fourth-order valence-electron chi connectivity index (χ4n) is 2.26. The van der Waals surface area contributed by atoms with Crippen LogP contribution in [0.3, 0.4) is 0 Å². The number of rotatable bonds is 12. The summed E-state index contributed by atoms with van der Waals surface area (Å²) < 4.78 is 0. The van der Waals surface area contributed by atoms with Crippen molar-refractivity contribution in [3.05, 3.63) is 0 Å². The Morgan fingerprint density at radius 2 is 1.73 bits per heavy atom. The minimum absolute atomic E-state index is 0.00565. The van der Waals surface area contributed by atoms with Crippen molar-refractivity contribution in [2.75, 3.05) is 19.6 Å². The second-order valence-corrected chi connectivity index (χ2v) is 6.53. The van der Waals surface area contributed by atoms with Crippen LogP contribution in [-0.4, -0.2) is 37.5 Å². The van der Waals surface area contributed by atoms with E-state index in [4.69, 9.17) is 0 Å².